The summed E-state index contributed by atoms with van der Waals surface area (Å²) >= 11 is 5.88. The molecule has 0 amide bonds. The molecule has 25 heavy (non-hydrogen) atoms. The summed E-state index contributed by atoms with van der Waals surface area (Å²) in [4.78, 5) is 21.7. The van der Waals surface area contributed by atoms with Crippen molar-refractivity contribution in [2.24, 2.45) is 0 Å². The molecule has 0 heterocycles. The van der Waals surface area contributed by atoms with Crippen LogP contribution >= 0.6 is 11.6 Å². The van der Waals surface area contributed by atoms with Crippen LogP contribution in [0.15, 0.2) is 42.5 Å². The fraction of sp³-hybridized carbons (Fsp3) is 0.133. The summed E-state index contributed by atoms with van der Waals surface area (Å²) in [5, 5.41) is 10.9. The Morgan fingerprint density at radius 3 is 2.64 bits per heavy atom. The number of sulfonamides is 1. The van der Waals surface area contributed by atoms with Crippen molar-refractivity contribution in [3.63, 3.8) is 0 Å². The van der Waals surface area contributed by atoms with E-state index in [0.29, 0.717) is 0 Å². The number of carbonyl (C=O) groups is 1. The average molecular weight is 385 g/mol. The number of non-ortho nitro benzene ring substituents is 1. The zero-order valence-corrected chi connectivity index (χ0v) is 14.5. The van der Waals surface area contributed by atoms with Gasteiger partial charge in [-0.2, -0.15) is 0 Å². The van der Waals surface area contributed by atoms with Gasteiger partial charge in [0.25, 0.3) is 5.69 Å². The van der Waals surface area contributed by atoms with E-state index in [4.69, 9.17) is 11.6 Å². The third-order valence-corrected chi connectivity index (χ3v) is 4.71. The summed E-state index contributed by atoms with van der Waals surface area (Å²) in [5.74, 6) is -1.17. The summed E-state index contributed by atoms with van der Waals surface area (Å²) in [6.45, 7) is 0. The predicted molar refractivity (Wildman–Crippen MR) is 92.1 cm³/mol. The highest BCUT2D eigenvalue weighted by Gasteiger charge is 2.17. The number of methoxy groups -OCH3 is 1. The number of hydrogen-bond donors (Lipinski definition) is 1. The van der Waals surface area contributed by atoms with E-state index in [1.165, 1.54) is 49.6 Å². The monoisotopic (exact) mass is 384 g/mol. The largest absolute Gasteiger partial charge is 0.465 e. The maximum absolute atomic E-state index is 12.3. The zero-order valence-electron chi connectivity index (χ0n) is 12.9. The van der Waals surface area contributed by atoms with Crippen LogP contribution in [0.1, 0.15) is 15.9 Å². The van der Waals surface area contributed by atoms with Crippen molar-refractivity contribution in [1.29, 1.82) is 0 Å². The number of benzene rings is 2. The molecule has 0 bridgehead atoms. The number of esters is 1. The molecule has 2 aromatic rings. The number of halogens is 1. The number of nitro benzene ring substituents is 1. The number of rotatable bonds is 6. The molecule has 0 aliphatic rings. The predicted octanol–water partition coefficient (Wildman–Crippen LogP) is 2.98. The number of hydrogen-bond acceptors (Lipinski definition) is 6. The van der Waals surface area contributed by atoms with E-state index >= 15 is 0 Å². The van der Waals surface area contributed by atoms with E-state index in [1.807, 2.05) is 0 Å². The molecule has 2 aromatic carbocycles. The smallest absolute Gasteiger partial charge is 0.339 e. The quantitative estimate of drug-likeness (QED) is 0.465. The van der Waals surface area contributed by atoms with E-state index in [0.717, 1.165) is 0 Å². The van der Waals surface area contributed by atoms with E-state index in [-0.39, 0.29) is 27.5 Å². The van der Waals surface area contributed by atoms with Crippen LogP contribution in [0.4, 0.5) is 11.4 Å². The number of nitrogens with zero attached hydrogens (tertiary/aromatic N) is 1. The highest BCUT2D eigenvalue weighted by atomic mass is 35.5. The van der Waals surface area contributed by atoms with Gasteiger partial charge >= 0.3 is 5.97 Å². The van der Waals surface area contributed by atoms with E-state index in [9.17, 15) is 23.3 Å². The lowest BCUT2D eigenvalue weighted by Crippen LogP contribution is -2.15. The Labute approximate surface area is 148 Å². The van der Waals surface area contributed by atoms with Gasteiger partial charge in [-0.15, -0.1) is 0 Å². The van der Waals surface area contributed by atoms with Crippen LogP contribution in [0, 0.1) is 10.1 Å². The first kappa shape index (κ1) is 18.7. The van der Waals surface area contributed by atoms with Crippen molar-refractivity contribution in [1.82, 2.24) is 0 Å². The van der Waals surface area contributed by atoms with Gasteiger partial charge in [0, 0.05) is 17.8 Å². The average Bonchev–Trinajstić information content (AvgIpc) is 2.55. The first-order valence-electron chi connectivity index (χ1n) is 6.83. The lowest BCUT2D eigenvalue weighted by Gasteiger charge is -2.10. The molecular weight excluding hydrogens is 372 g/mol. The topological polar surface area (TPSA) is 116 Å². The number of ether oxygens (including phenoxy) is 1. The normalized spacial score (nSPS) is 11.0. The summed E-state index contributed by atoms with van der Waals surface area (Å²) in [7, 11) is -2.68. The van der Waals surface area contributed by atoms with Crippen molar-refractivity contribution in [3.05, 3.63) is 68.7 Å². The minimum atomic E-state index is -3.86. The van der Waals surface area contributed by atoms with Gasteiger partial charge in [-0.05, 0) is 23.8 Å². The third kappa shape index (κ3) is 4.91. The van der Waals surface area contributed by atoms with Crippen LogP contribution in [-0.4, -0.2) is 26.4 Å². The van der Waals surface area contributed by atoms with Crippen LogP contribution in [-0.2, 0) is 20.5 Å². The number of nitrogens with one attached hydrogen (secondary N) is 1. The van der Waals surface area contributed by atoms with Crippen LogP contribution in [0.2, 0.25) is 5.02 Å². The first-order valence-corrected chi connectivity index (χ1v) is 8.86. The number of nitro groups is 1. The molecule has 0 aromatic heterocycles. The Balaban J connectivity index is 2.23. The van der Waals surface area contributed by atoms with Gasteiger partial charge in [-0.3, -0.25) is 14.8 Å². The summed E-state index contributed by atoms with van der Waals surface area (Å²) in [5.41, 5.74) is 0.186. The van der Waals surface area contributed by atoms with Crippen molar-refractivity contribution in [2.75, 3.05) is 11.8 Å². The molecule has 8 nitrogen and oxygen atoms in total. The van der Waals surface area contributed by atoms with Crippen LogP contribution in [0.25, 0.3) is 0 Å². The Morgan fingerprint density at radius 1 is 1.28 bits per heavy atom. The molecule has 0 aliphatic carbocycles. The number of anilines is 1. The maximum atomic E-state index is 12.3. The molecule has 0 atom stereocenters. The van der Waals surface area contributed by atoms with E-state index < -0.39 is 26.7 Å². The standard InChI is InChI=1S/C15H13ClN2O6S/c1-24-15(19)13-8-11(5-6-14(13)16)17-25(22,23)9-10-3-2-4-12(7-10)18(20)21/h2-8,17H,9H2,1H3. The van der Waals surface area contributed by atoms with Crippen molar-refractivity contribution in [2.45, 2.75) is 5.75 Å². The molecule has 132 valence electrons. The van der Waals surface area contributed by atoms with Gasteiger partial charge in [0.1, 0.15) is 0 Å². The minimum Gasteiger partial charge on any atom is -0.465 e. The molecule has 0 spiro atoms. The van der Waals surface area contributed by atoms with Crippen LogP contribution in [0.3, 0.4) is 0 Å². The Hall–Kier alpha value is -2.65. The maximum Gasteiger partial charge on any atom is 0.339 e. The summed E-state index contributed by atoms with van der Waals surface area (Å²) in [6.07, 6.45) is 0. The number of carbonyl (C=O) groups excluding carboxylic acids is 1. The van der Waals surface area contributed by atoms with Crippen molar-refractivity contribution in [3.8, 4) is 0 Å². The third-order valence-electron chi connectivity index (χ3n) is 3.12. The highest BCUT2D eigenvalue weighted by Crippen LogP contribution is 2.23. The van der Waals surface area contributed by atoms with Gasteiger partial charge in [0.05, 0.1) is 28.4 Å². The first-order chi connectivity index (χ1) is 11.7. The fourth-order valence-electron chi connectivity index (χ4n) is 2.05. The van der Waals surface area contributed by atoms with Gasteiger partial charge < -0.3 is 4.74 Å². The SMILES string of the molecule is COC(=O)c1cc(NS(=O)(=O)Cc2cccc([N+](=O)[O-])c2)ccc1Cl. The molecule has 0 radical (unpaired) electrons. The van der Waals surface area contributed by atoms with Gasteiger partial charge in [-0.25, -0.2) is 13.2 Å². The lowest BCUT2D eigenvalue weighted by atomic mass is 10.2. The van der Waals surface area contributed by atoms with E-state index in [2.05, 4.69) is 9.46 Å². The Kier molecular flexibility index (Phi) is 5.60. The second-order valence-electron chi connectivity index (χ2n) is 4.97. The lowest BCUT2D eigenvalue weighted by molar-refractivity contribution is -0.384. The molecule has 2 rings (SSSR count). The second kappa shape index (κ2) is 7.49. The second-order valence-corrected chi connectivity index (χ2v) is 7.10. The summed E-state index contributed by atoms with van der Waals surface area (Å²) in [6, 6.07) is 9.32. The highest BCUT2D eigenvalue weighted by molar-refractivity contribution is 7.91. The zero-order chi connectivity index (χ0) is 18.6. The molecule has 1 N–H and O–H groups in total. The van der Waals surface area contributed by atoms with Crippen molar-refractivity contribution >= 4 is 39.0 Å². The molecule has 0 saturated heterocycles. The van der Waals surface area contributed by atoms with E-state index in [1.54, 1.807) is 0 Å². The molecule has 0 saturated carbocycles. The van der Waals surface area contributed by atoms with Crippen LogP contribution < -0.4 is 4.72 Å². The minimum absolute atomic E-state index is 0.0136. The molecule has 10 heteroatoms. The molecule has 0 unspecified atom stereocenters. The van der Waals surface area contributed by atoms with Gasteiger partial charge in [0.15, 0.2) is 0 Å². The van der Waals surface area contributed by atoms with Crippen molar-refractivity contribution < 1.29 is 22.9 Å². The molecular formula is C15H13ClN2O6S. The summed E-state index contributed by atoms with van der Waals surface area (Å²) < 4.78 is 31.4. The van der Waals surface area contributed by atoms with Crippen LogP contribution in [0.5, 0.6) is 0 Å². The molecule has 0 fully saturated rings. The van der Waals surface area contributed by atoms with Gasteiger partial charge in [0.2, 0.25) is 10.0 Å². The Bertz CT molecular complexity index is 929. The Morgan fingerprint density at radius 2 is 2.00 bits per heavy atom. The molecule has 0 aliphatic heterocycles. The fourth-order valence-corrected chi connectivity index (χ4v) is 3.42. The van der Waals surface area contributed by atoms with Gasteiger partial charge in [-0.1, -0.05) is 23.7 Å².